The third kappa shape index (κ3) is 5.62. The SMILES string of the molecule is CCC(C)n1cc(-c2cnc(N)c(OCc3cccc(C#CC(C)(C)O)c3)c2)cn1. The summed E-state index contributed by atoms with van der Waals surface area (Å²) in [7, 11) is 0. The van der Waals surface area contributed by atoms with Crippen LogP contribution in [0.5, 0.6) is 5.75 Å². The van der Waals surface area contributed by atoms with Crippen LogP contribution in [0.4, 0.5) is 5.82 Å². The monoisotopic (exact) mass is 404 g/mol. The van der Waals surface area contributed by atoms with Gasteiger partial charge in [-0.05, 0) is 51.0 Å². The first-order valence-electron chi connectivity index (χ1n) is 10.0. The van der Waals surface area contributed by atoms with Crippen molar-refractivity contribution in [3.05, 3.63) is 60.0 Å². The fourth-order valence-electron chi connectivity index (χ4n) is 2.77. The summed E-state index contributed by atoms with van der Waals surface area (Å²) >= 11 is 0. The zero-order valence-corrected chi connectivity index (χ0v) is 17.9. The maximum Gasteiger partial charge on any atom is 0.166 e. The molecule has 0 bridgehead atoms. The van der Waals surface area contributed by atoms with Crippen LogP contribution < -0.4 is 10.5 Å². The van der Waals surface area contributed by atoms with E-state index in [-0.39, 0.29) is 0 Å². The lowest BCUT2D eigenvalue weighted by molar-refractivity contribution is 0.143. The number of nitrogen functional groups attached to an aromatic ring is 1. The first-order valence-corrected chi connectivity index (χ1v) is 10.0. The molecule has 0 radical (unpaired) electrons. The van der Waals surface area contributed by atoms with Gasteiger partial charge < -0.3 is 15.6 Å². The minimum Gasteiger partial charge on any atom is -0.485 e. The highest BCUT2D eigenvalue weighted by Crippen LogP contribution is 2.28. The summed E-state index contributed by atoms with van der Waals surface area (Å²) in [5.74, 6) is 6.66. The van der Waals surface area contributed by atoms with Crippen LogP contribution in [0.1, 0.15) is 51.3 Å². The van der Waals surface area contributed by atoms with Gasteiger partial charge >= 0.3 is 0 Å². The molecule has 0 amide bonds. The minimum atomic E-state index is -1.03. The van der Waals surface area contributed by atoms with Crippen LogP contribution in [-0.4, -0.2) is 25.5 Å². The molecule has 0 aliphatic carbocycles. The highest BCUT2D eigenvalue weighted by atomic mass is 16.5. The van der Waals surface area contributed by atoms with Crippen LogP contribution in [0.25, 0.3) is 11.1 Å². The molecule has 0 aliphatic heterocycles. The molecule has 1 unspecified atom stereocenters. The fraction of sp³-hybridized carbons (Fsp3) is 0.333. The first-order chi connectivity index (χ1) is 14.2. The summed E-state index contributed by atoms with van der Waals surface area (Å²) < 4.78 is 7.90. The van der Waals surface area contributed by atoms with Gasteiger partial charge in [-0.1, -0.05) is 30.9 Å². The van der Waals surface area contributed by atoms with Gasteiger partial charge in [-0.25, -0.2) is 4.98 Å². The number of nitrogens with two attached hydrogens (primary N) is 1. The Hall–Kier alpha value is -3.30. The van der Waals surface area contributed by atoms with E-state index >= 15 is 0 Å². The van der Waals surface area contributed by atoms with Gasteiger partial charge in [0.1, 0.15) is 12.2 Å². The Bertz CT molecular complexity index is 1070. The van der Waals surface area contributed by atoms with Crippen LogP contribution in [0.2, 0.25) is 0 Å². The molecule has 1 atom stereocenters. The third-order valence-corrected chi connectivity index (χ3v) is 4.69. The van der Waals surface area contributed by atoms with Gasteiger partial charge in [0.15, 0.2) is 11.6 Å². The van der Waals surface area contributed by atoms with Crippen LogP contribution in [0.15, 0.2) is 48.9 Å². The number of hydrogen-bond donors (Lipinski definition) is 2. The summed E-state index contributed by atoms with van der Waals surface area (Å²) in [6, 6.07) is 9.92. The molecule has 0 saturated heterocycles. The zero-order chi connectivity index (χ0) is 21.7. The number of benzene rings is 1. The van der Waals surface area contributed by atoms with E-state index in [1.54, 1.807) is 20.0 Å². The number of aliphatic hydroxyl groups is 1. The van der Waals surface area contributed by atoms with Crippen molar-refractivity contribution in [3.63, 3.8) is 0 Å². The molecule has 3 N–H and O–H groups in total. The van der Waals surface area contributed by atoms with E-state index in [0.717, 1.165) is 28.7 Å². The van der Waals surface area contributed by atoms with E-state index in [2.05, 4.69) is 35.8 Å². The summed E-state index contributed by atoms with van der Waals surface area (Å²) in [4.78, 5) is 4.28. The maximum absolute atomic E-state index is 9.77. The Kier molecular flexibility index (Phi) is 6.43. The van der Waals surface area contributed by atoms with E-state index in [1.807, 2.05) is 47.4 Å². The Morgan fingerprint density at radius 3 is 2.77 bits per heavy atom. The topological polar surface area (TPSA) is 86.2 Å². The summed E-state index contributed by atoms with van der Waals surface area (Å²) in [6.07, 6.45) is 6.58. The Morgan fingerprint density at radius 2 is 2.03 bits per heavy atom. The minimum absolute atomic E-state index is 0.333. The predicted molar refractivity (Wildman–Crippen MR) is 119 cm³/mol. The van der Waals surface area contributed by atoms with Gasteiger partial charge in [-0.15, -0.1) is 0 Å². The standard InChI is InChI=1S/C24H28N4O2/c1-5-17(2)28-15-21(14-27-28)20-12-22(23(25)26-13-20)30-16-19-8-6-7-18(11-19)9-10-24(3,4)29/h6-8,11-15,17,29H,5,16H2,1-4H3,(H2,25,26). The molecule has 2 heterocycles. The lowest BCUT2D eigenvalue weighted by Gasteiger charge is -2.10. The van der Waals surface area contributed by atoms with Crippen molar-refractivity contribution in [2.24, 2.45) is 0 Å². The van der Waals surface area contributed by atoms with Crippen molar-refractivity contribution in [2.75, 3.05) is 5.73 Å². The van der Waals surface area contributed by atoms with Crippen LogP contribution in [0.3, 0.4) is 0 Å². The van der Waals surface area contributed by atoms with Crippen molar-refractivity contribution in [1.29, 1.82) is 0 Å². The average Bonchev–Trinajstić information content (AvgIpc) is 3.21. The highest BCUT2D eigenvalue weighted by Gasteiger charge is 2.10. The molecule has 30 heavy (non-hydrogen) atoms. The normalized spacial score (nSPS) is 12.2. The van der Waals surface area contributed by atoms with Gasteiger partial charge in [0.05, 0.1) is 6.20 Å². The van der Waals surface area contributed by atoms with Crippen molar-refractivity contribution in [1.82, 2.24) is 14.8 Å². The second-order valence-corrected chi connectivity index (χ2v) is 7.87. The molecule has 1 aromatic carbocycles. The van der Waals surface area contributed by atoms with E-state index in [1.165, 1.54) is 0 Å². The molecular formula is C24H28N4O2. The maximum atomic E-state index is 9.77. The Morgan fingerprint density at radius 1 is 1.23 bits per heavy atom. The second kappa shape index (κ2) is 9.02. The average molecular weight is 405 g/mol. The van der Waals surface area contributed by atoms with Crippen LogP contribution in [-0.2, 0) is 6.61 Å². The molecule has 2 aromatic heterocycles. The van der Waals surface area contributed by atoms with Crippen molar-refractivity contribution in [3.8, 4) is 28.7 Å². The molecule has 0 fully saturated rings. The molecule has 3 aromatic rings. The number of ether oxygens (including phenoxy) is 1. The first kappa shape index (κ1) is 21.4. The second-order valence-electron chi connectivity index (χ2n) is 7.87. The molecule has 0 spiro atoms. The molecule has 6 nitrogen and oxygen atoms in total. The molecule has 0 saturated carbocycles. The van der Waals surface area contributed by atoms with E-state index in [4.69, 9.17) is 10.5 Å². The molecular weight excluding hydrogens is 376 g/mol. The van der Waals surface area contributed by atoms with Gasteiger partial charge in [-0.2, -0.15) is 5.10 Å². The summed E-state index contributed by atoms with van der Waals surface area (Å²) in [5, 5.41) is 14.2. The van der Waals surface area contributed by atoms with Crippen LogP contribution >= 0.6 is 0 Å². The summed E-state index contributed by atoms with van der Waals surface area (Å²) in [6.45, 7) is 7.91. The van der Waals surface area contributed by atoms with E-state index in [9.17, 15) is 5.11 Å². The quantitative estimate of drug-likeness (QED) is 0.602. The Balaban J connectivity index is 1.75. The van der Waals surface area contributed by atoms with Crippen molar-refractivity contribution < 1.29 is 9.84 Å². The summed E-state index contributed by atoms with van der Waals surface area (Å²) in [5.41, 5.74) is 8.63. The highest BCUT2D eigenvalue weighted by molar-refractivity contribution is 5.65. The smallest absolute Gasteiger partial charge is 0.166 e. The molecule has 6 heteroatoms. The molecule has 156 valence electrons. The van der Waals surface area contributed by atoms with Gasteiger partial charge in [-0.3, -0.25) is 4.68 Å². The lowest BCUT2D eigenvalue weighted by Crippen LogP contribution is -2.14. The number of nitrogens with zero attached hydrogens (tertiary/aromatic N) is 3. The Labute approximate surface area is 177 Å². The largest absolute Gasteiger partial charge is 0.485 e. The molecule has 0 aliphatic rings. The van der Waals surface area contributed by atoms with E-state index < -0.39 is 5.60 Å². The van der Waals surface area contributed by atoms with Gasteiger partial charge in [0, 0.05) is 35.1 Å². The van der Waals surface area contributed by atoms with Gasteiger partial charge in [0.2, 0.25) is 0 Å². The van der Waals surface area contributed by atoms with Crippen molar-refractivity contribution >= 4 is 5.82 Å². The van der Waals surface area contributed by atoms with Gasteiger partial charge in [0.25, 0.3) is 0 Å². The van der Waals surface area contributed by atoms with Crippen molar-refractivity contribution in [2.45, 2.75) is 52.4 Å². The third-order valence-electron chi connectivity index (χ3n) is 4.69. The zero-order valence-electron chi connectivity index (χ0n) is 17.9. The predicted octanol–water partition coefficient (Wildman–Crippen LogP) is 4.20. The number of pyridine rings is 1. The van der Waals surface area contributed by atoms with Crippen LogP contribution in [0, 0.1) is 11.8 Å². The number of aromatic nitrogens is 3. The number of rotatable bonds is 6. The van der Waals surface area contributed by atoms with E-state index in [0.29, 0.717) is 24.2 Å². The number of anilines is 1. The lowest BCUT2D eigenvalue weighted by atomic mass is 10.1. The fourth-order valence-corrected chi connectivity index (χ4v) is 2.77. The molecule has 3 rings (SSSR count). The number of hydrogen-bond acceptors (Lipinski definition) is 5.